The van der Waals surface area contributed by atoms with Gasteiger partial charge in [0.2, 0.25) is 17.7 Å². The fraction of sp³-hybridized carbons (Fsp3) is 0.286. The van der Waals surface area contributed by atoms with Gasteiger partial charge in [-0.3, -0.25) is 19.3 Å². The van der Waals surface area contributed by atoms with Gasteiger partial charge in [0, 0.05) is 56.4 Å². The third-order valence-electron chi connectivity index (χ3n) is 5.88. The number of thioether (sulfide) groups is 1. The maximum Gasteiger partial charge on any atom is 0.234 e. The lowest BCUT2D eigenvalue weighted by Gasteiger charge is -2.34. The minimum atomic E-state index is -0.147. The van der Waals surface area contributed by atoms with Crippen LogP contribution in [0.1, 0.15) is 18.2 Å². The predicted octanol–water partition coefficient (Wildman–Crippen LogP) is 4.23. The molecular formula is C28H31N5O3S2. The number of hydrogen-bond acceptors (Lipinski definition) is 7. The lowest BCUT2D eigenvalue weighted by atomic mass is 10.2. The van der Waals surface area contributed by atoms with Crippen molar-refractivity contribution in [1.29, 1.82) is 0 Å². The average Bonchev–Trinajstić information content (AvgIpc) is 3.36. The summed E-state index contributed by atoms with van der Waals surface area (Å²) < 4.78 is 0.763. The van der Waals surface area contributed by atoms with Crippen LogP contribution in [0.15, 0.2) is 70.4 Å². The minimum absolute atomic E-state index is 0.0896. The molecule has 198 valence electrons. The number of anilines is 2. The highest BCUT2D eigenvalue weighted by Gasteiger charge is 2.21. The van der Waals surface area contributed by atoms with Crippen molar-refractivity contribution in [3.8, 4) is 0 Å². The van der Waals surface area contributed by atoms with Crippen LogP contribution in [0.3, 0.4) is 0 Å². The quantitative estimate of drug-likeness (QED) is 0.368. The zero-order valence-corrected chi connectivity index (χ0v) is 22.9. The van der Waals surface area contributed by atoms with Crippen molar-refractivity contribution >= 4 is 58.3 Å². The molecule has 10 heteroatoms. The average molecular weight is 550 g/mol. The van der Waals surface area contributed by atoms with E-state index >= 15 is 0 Å². The molecule has 1 saturated heterocycles. The van der Waals surface area contributed by atoms with Crippen molar-refractivity contribution in [2.75, 3.05) is 49.1 Å². The molecule has 0 aliphatic carbocycles. The zero-order chi connectivity index (χ0) is 26.7. The third-order valence-corrected chi connectivity index (χ3v) is 7.95. The molecule has 8 nitrogen and oxygen atoms in total. The highest BCUT2D eigenvalue weighted by Crippen LogP contribution is 2.24. The molecule has 1 aliphatic rings. The molecule has 38 heavy (non-hydrogen) atoms. The van der Waals surface area contributed by atoms with E-state index in [9.17, 15) is 14.4 Å². The lowest BCUT2D eigenvalue weighted by molar-refractivity contribution is -0.132. The molecule has 0 unspecified atom stereocenters. The molecule has 1 aromatic heterocycles. The van der Waals surface area contributed by atoms with Crippen molar-refractivity contribution in [2.45, 2.75) is 17.7 Å². The first-order chi connectivity index (χ1) is 18.4. The fourth-order valence-corrected chi connectivity index (χ4v) is 5.59. The molecule has 0 radical (unpaired) electrons. The first-order valence-corrected chi connectivity index (χ1v) is 14.3. The van der Waals surface area contributed by atoms with Gasteiger partial charge in [0.1, 0.15) is 0 Å². The molecule has 3 amide bonds. The number of benzene rings is 2. The third kappa shape index (κ3) is 8.83. The molecule has 2 aromatic carbocycles. The molecule has 1 aliphatic heterocycles. The Bertz CT molecular complexity index is 1250. The number of rotatable bonds is 10. The molecular weight excluding hydrogens is 518 g/mol. The van der Waals surface area contributed by atoms with Gasteiger partial charge in [-0.25, -0.2) is 4.98 Å². The highest BCUT2D eigenvalue weighted by molar-refractivity contribution is 8.01. The summed E-state index contributed by atoms with van der Waals surface area (Å²) in [6, 6.07) is 17.2. The molecule has 0 saturated carbocycles. The second kappa shape index (κ2) is 13.9. The van der Waals surface area contributed by atoms with Crippen LogP contribution in [0.25, 0.3) is 6.08 Å². The predicted molar refractivity (Wildman–Crippen MR) is 154 cm³/mol. The van der Waals surface area contributed by atoms with Crippen LogP contribution in [-0.2, 0) is 20.8 Å². The van der Waals surface area contributed by atoms with Gasteiger partial charge in [-0.2, -0.15) is 0 Å². The first kappa shape index (κ1) is 27.6. The van der Waals surface area contributed by atoms with E-state index in [-0.39, 0.29) is 29.9 Å². The standard InChI is InChI=1S/C28H31N5O3S2/c1-21(34)29-23-9-11-24(12-10-23)30-26(35)20-38-28-31-25(19-37-28)18-27(36)33-16-14-32(15-17-33)13-5-8-22-6-3-2-4-7-22/h2-12,19H,13-18,20H2,1H3,(H,29,34)(H,30,35)/b8-5+. The minimum Gasteiger partial charge on any atom is -0.340 e. The van der Waals surface area contributed by atoms with Crippen LogP contribution >= 0.6 is 23.1 Å². The second-order valence-corrected chi connectivity index (χ2v) is 11.0. The van der Waals surface area contributed by atoms with Gasteiger partial charge in [0.25, 0.3) is 0 Å². The van der Waals surface area contributed by atoms with E-state index in [0.717, 1.165) is 42.8 Å². The van der Waals surface area contributed by atoms with Crippen LogP contribution in [0.4, 0.5) is 11.4 Å². The van der Waals surface area contributed by atoms with Crippen LogP contribution in [0.5, 0.6) is 0 Å². The summed E-state index contributed by atoms with van der Waals surface area (Å²) in [6.45, 7) is 5.47. The van der Waals surface area contributed by atoms with Gasteiger partial charge in [0.15, 0.2) is 4.34 Å². The van der Waals surface area contributed by atoms with Crippen molar-refractivity contribution in [1.82, 2.24) is 14.8 Å². The number of carbonyl (C=O) groups is 3. The molecule has 2 heterocycles. The lowest BCUT2D eigenvalue weighted by Crippen LogP contribution is -2.49. The molecule has 2 N–H and O–H groups in total. The van der Waals surface area contributed by atoms with Gasteiger partial charge in [-0.15, -0.1) is 11.3 Å². The Hall–Kier alpha value is -3.47. The normalized spacial score (nSPS) is 14.0. The van der Waals surface area contributed by atoms with E-state index in [1.54, 1.807) is 24.3 Å². The topological polar surface area (TPSA) is 94.6 Å². The number of nitrogens with one attached hydrogen (secondary N) is 2. The van der Waals surface area contributed by atoms with Gasteiger partial charge < -0.3 is 15.5 Å². The second-order valence-electron chi connectivity index (χ2n) is 8.87. The number of amides is 3. The fourth-order valence-electron chi connectivity index (χ4n) is 3.95. The van der Waals surface area contributed by atoms with Gasteiger partial charge in [0.05, 0.1) is 17.9 Å². The molecule has 1 fully saturated rings. The maximum absolute atomic E-state index is 12.8. The smallest absolute Gasteiger partial charge is 0.234 e. The van der Waals surface area contributed by atoms with Gasteiger partial charge in [-0.05, 0) is 29.8 Å². The Morgan fingerprint density at radius 3 is 2.34 bits per heavy atom. The van der Waals surface area contributed by atoms with Crippen LogP contribution < -0.4 is 10.6 Å². The summed E-state index contributed by atoms with van der Waals surface area (Å²) in [5.41, 5.74) is 3.26. The Morgan fingerprint density at radius 2 is 1.66 bits per heavy atom. The summed E-state index contributed by atoms with van der Waals surface area (Å²) in [5, 5.41) is 7.42. The van der Waals surface area contributed by atoms with E-state index < -0.39 is 0 Å². The number of aromatic nitrogens is 1. The molecule has 0 atom stereocenters. The van der Waals surface area contributed by atoms with Crippen molar-refractivity contribution in [3.05, 3.63) is 77.3 Å². The number of hydrogen-bond donors (Lipinski definition) is 2. The first-order valence-electron chi connectivity index (χ1n) is 12.4. The van der Waals surface area contributed by atoms with Crippen molar-refractivity contribution in [2.24, 2.45) is 0 Å². The van der Waals surface area contributed by atoms with E-state index in [0.29, 0.717) is 11.4 Å². The maximum atomic E-state index is 12.8. The summed E-state index contributed by atoms with van der Waals surface area (Å²) in [4.78, 5) is 45.0. The number of piperazine rings is 1. The van der Waals surface area contributed by atoms with E-state index in [4.69, 9.17) is 0 Å². The molecule has 4 rings (SSSR count). The molecule has 3 aromatic rings. The largest absolute Gasteiger partial charge is 0.340 e. The number of thiazole rings is 1. The van der Waals surface area contributed by atoms with E-state index in [1.165, 1.54) is 35.6 Å². The highest BCUT2D eigenvalue weighted by atomic mass is 32.2. The monoisotopic (exact) mass is 549 g/mol. The molecule has 0 spiro atoms. The van der Waals surface area contributed by atoms with Crippen LogP contribution in [0, 0.1) is 0 Å². The summed E-state index contributed by atoms with van der Waals surface area (Å²) in [6.07, 6.45) is 4.58. The van der Waals surface area contributed by atoms with Gasteiger partial charge in [-0.1, -0.05) is 54.2 Å². The summed E-state index contributed by atoms with van der Waals surface area (Å²) >= 11 is 2.80. The van der Waals surface area contributed by atoms with Gasteiger partial charge >= 0.3 is 0 Å². The van der Waals surface area contributed by atoms with Crippen LogP contribution in [0.2, 0.25) is 0 Å². The Balaban J connectivity index is 1.15. The Kier molecular flexibility index (Phi) is 10.1. The van der Waals surface area contributed by atoms with Crippen molar-refractivity contribution in [3.63, 3.8) is 0 Å². The van der Waals surface area contributed by atoms with Crippen molar-refractivity contribution < 1.29 is 14.4 Å². The molecule has 0 bridgehead atoms. The van der Waals surface area contributed by atoms with E-state index in [2.05, 4.69) is 44.8 Å². The number of carbonyl (C=O) groups excluding carboxylic acids is 3. The summed E-state index contributed by atoms with van der Waals surface area (Å²) in [5.74, 6) is 0.0149. The summed E-state index contributed by atoms with van der Waals surface area (Å²) in [7, 11) is 0. The number of nitrogens with zero attached hydrogens (tertiary/aromatic N) is 3. The zero-order valence-electron chi connectivity index (χ0n) is 21.3. The Morgan fingerprint density at radius 1 is 0.974 bits per heavy atom. The van der Waals surface area contributed by atoms with E-state index in [1.807, 2.05) is 28.5 Å². The SMILES string of the molecule is CC(=O)Nc1ccc(NC(=O)CSc2nc(CC(=O)N3CCN(C/C=C/c4ccccc4)CC3)cs2)cc1. The van der Waals surface area contributed by atoms with Crippen LogP contribution in [-0.4, -0.2) is 71.0 Å². The Labute approximate surface area is 231 Å².